The molecule has 0 N–H and O–H groups in total. The van der Waals surface area contributed by atoms with Crippen molar-refractivity contribution in [1.29, 1.82) is 0 Å². The molecule has 0 aliphatic carbocycles. The highest BCUT2D eigenvalue weighted by Crippen LogP contribution is 2.46. The summed E-state index contributed by atoms with van der Waals surface area (Å²) in [6, 6.07) is 90.5. The van der Waals surface area contributed by atoms with Crippen molar-refractivity contribution in [3.05, 3.63) is 359 Å². The van der Waals surface area contributed by atoms with Crippen molar-refractivity contribution < 1.29 is 114 Å². The van der Waals surface area contributed by atoms with E-state index >= 15 is 9.59 Å². The monoisotopic (exact) mass is 1700 g/mol. The van der Waals surface area contributed by atoms with Gasteiger partial charge in [0, 0.05) is 42.0 Å². The van der Waals surface area contributed by atoms with Gasteiger partial charge in [-0.3, -0.25) is 0 Å². The van der Waals surface area contributed by atoms with Crippen LogP contribution in [0.4, 0.5) is 4.79 Å². The van der Waals surface area contributed by atoms with Gasteiger partial charge in [-0.15, -0.1) is 0 Å². The van der Waals surface area contributed by atoms with E-state index in [2.05, 4.69) is 0 Å². The number of nitrogens with zero attached hydrogens (tertiary/aromatic N) is 1. The predicted octanol–water partition coefficient (Wildman–Crippen LogP) is 15.4. The van der Waals surface area contributed by atoms with E-state index in [4.69, 9.17) is 90.0 Å². The second-order valence-corrected chi connectivity index (χ2v) is 31.7. The molecule has 16 rings (SSSR count). The van der Waals surface area contributed by atoms with Gasteiger partial charge < -0.3 is 94.9 Å². The average molecular weight is 1700 g/mol. The number of rotatable bonds is 32. The minimum atomic E-state index is -1.69. The van der Waals surface area contributed by atoms with Crippen LogP contribution in [-0.2, 0) is 116 Å². The summed E-state index contributed by atoms with van der Waals surface area (Å²) < 4.78 is 131. The first kappa shape index (κ1) is 87.3. The van der Waals surface area contributed by atoms with Crippen molar-refractivity contribution >= 4 is 30.0 Å². The highest BCUT2D eigenvalue weighted by atomic mass is 16.8. The number of fused-ring (bicyclic) bond motifs is 2. The number of hydrogen-bond donors (Lipinski definition) is 0. The highest BCUT2D eigenvalue weighted by molar-refractivity contribution is 5.91. The summed E-state index contributed by atoms with van der Waals surface area (Å²) in [5, 5.41) is 0. The van der Waals surface area contributed by atoms with E-state index in [1.54, 1.807) is 121 Å². The standard InChI is InChI=1S/C100H101NO24/c1-64-81(77(60-107-57-68-36-16-5-17-37-68)113-96(84(64)117-90(102)71-42-22-8-23-43-71)109-55-54-101(56-67-34-14-4-15-35-67)100(106)112-59-70-40-20-7-21-41-70)123-99-89(120-93(105)74-48-28-11-29-49-74)88(87-80(116-99)63-111-95(124-87)76-52-32-13-33-53-76)125-98-86(119-92(104)73-46-26-10-27-47-73)65(2)82(78(114-98)61-108-58-69-38-18-6-19-39-69)122-97-85(118-91(103)72-44-24-9-25-45-72)66(3)83-79(115-97)62-110-94(121-83)75-50-30-12-31-51-75/h4-53,64-66,77-89,94-99H,54-63H2,1-3H3. The SMILES string of the molecule is CC1C2OC(c3ccccc3)OCC2OC(OC2C(COCc3ccccc3)OC(OC3C4OC(c5ccccc5)OCC4OC(OC4C(COCc5ccccc5)OC(OCCN(Cc5ccccc5)C(=O)OCc5ccccc5)C(OC(=O)c5ccccc5)C4C)C3OC(=O)c3ccccc3)C(OC(=O)c3ccccc3)C2C)C1OC(=O)c1ccccc1. The normalized spacial score (nSPS) is 28.2. The Kier molecular flexibility index (Phi) is 29.8. The molecule has 6 fully saturated rings. The molecule has 25 heteroatoms. The Labute approximate surface area is 725 Å². The van der Waals surface area contributed by atoms with Crippen LogP contribution in [0, 0.1) is 17.8 Å². The molecule has 22 atom stereocenters. The van der Waals surface area contributed by atoms with Crippen LogP contribution >= 0.6 is 0 Å². The molecule has 125 heavy (non-hydrogen) atoms. The zero-order valence-electron chi connectivity index (χ0n) is 69.4. The minimum Gasteiger partial charge on any atom is -0.453 e. The topological polar surface area (TPSA) is 264 Å². The third-order valence-electron chi connectivity index (χ3n) is 23.1. The second kappa shape index (κ2) is 42.7. The first-order valence-electron chi connectivity index (χ1n) is 42.4. The van der Waals surface area contributed by atoms with Gasteiger partial charge in [-0.05, 0) is 70.8 Å². The number of benzene rings is 10. The Morgan fingerprint density at radius 2 is 0.656 bits per heavy atom. The van der Waals surface area contributed by atoms with Gasteiger partial charge in [0.2, 0.25) is 0 Å². The summed E-state index contributed by atoms with van der Waals surface area (Å²) in [5.41, 5.74) is 5.53. The van der Waals surface area contributed by atoms with E-state index in [-0.39, 0.29) is 88.2 Å². The maximum Gasteiger partial charge on any atom is 0.410 e. The largest absolute Gasteiger partial charge is 0.453 e. The van der Waals surface area contributed by atoms with E-state index < -0.39 is 165 Å². The molecule has 0 aromatic heterocycles. The third kappa shape index (κ3) is 22.2. The summed E-state index contributed by atoms with van der Waals surface area (Å²) in [7, 11) is 0. The molecule has 10 aromatic carbocycles. The third-order valence-corrected chi connectivity index (χ3v) is 23.1. The lowest BCUT2D eigenvalue weighted by molar-refractivity contribution is -0.407. The predicted molar refractivity (Wildman–Crippen MR) is 451 cm³/mol. The van der Waals surface area contributed by atoms with Crippen molar-refractivity contribution in [2.24, 2.45) is 17.8 Å². The maximum absolute atomic E-state index is 15.5. The second-order valence-electron chi connectivity index (χ2n) is 31.7. The van der Waals surface area contributed by atoms with E-state index in [0.29, 0.717) is 5.56 Å². The van der Waals surface area contributed by atoms with Crippen LogP contribution in [-0.4, -0.2) is 179 Å². The summed E-state index contributed by atoms with van der Waals surface area (Å²) in [4.78, 5) is 75.9. The zero-order valence-corrected chi connectivity index (χ0v) is 69.4. The smallest absolute Gasteiger partial charge is 0.410 e. The van der Waals surface area contributed by atoms with Crippen LogP contribution in [0.1, 0.15) is 108 Å². The lowest BCUT2D eigenvalue weighted by Gasteiger charge is -2.53. The van der Waals surface area contributed by atoms with E-state index in [1.807, 2.05) is 203 Å². The first-order valence-corrected chi connectivity index (χ1v) is 42.4. The van der Waals surface area contributed by atoms with Crippen molar-refractivity contribution in [3.8, 4) is 0 Å². The lowest BCUT2D eigenvalue weighted by atomic mass is 9.87. The van der Waals surface area contributed by atoms with Crippen molar-refractivity contribution in [1.82, 2.24) is 4.90 Å². The van der Waals surface area contributed by atoms with Crippen LogP contribution in [0.25, 0.3) is 0 Å². The molecule has 1 amide bonds. The Bertz CT molecular complexity index is 5030. The Balaban J connectivity index is 0.772. The minimum absolute atomic E-state index is 0.0105. The molecular weight excluding hydrogens is 1600 g/mol. The Morgan fingerprint density at radius 3 is 1.09 bits per heavy atom. The summed E-state index contributed by atoms with van der Waals surface area (Å²) in [6.07, 6.45) is -24.2. The molecule has 650 valence electrons. The number of carbonyl (C=O) groups is 5. The van der Waals surface area contributed by atoms with Crippen molar-refractivity contribution in [2.45, 2.75) is 164 Å². The Hall–Kier alpha value is -11.2. The van der Waals surface area contributed by atoms with E-state index in [9.17, 15) is 14.4 Å². The van der Waals surface area contributed by atoms with Gasteiger partial charge in [-0.25, -0.2) is 24.0 Å². The molecule has 0 radical (unpaired) electrons. The molecule has 0 saturated carbocycles. The summed E-state index contributed by atoms with van der Waals surface area (Å²) in [5.74, 6) is -5.48. The number of hydrogen-bond acceptors (Lipinski definition) is 24. The van der Waals surface area contributed by atoms with Crippen LogP contribution in [0.3, 0.4) is 0 Å². The van der Waals surface area contributed by atoms with Gasteiger partial charge >= 0.3 is 30.0 Å². The molecule has 10 aromatic rings. The highest BCUT2D eigenvalue weighted by Gasteiger charge is 2.60. The van der Waals surface area contributed by atoms with Gasteiger partial charge in [-0.2, -0.15) is 0 Å². The van der Waals surface area contributed by atoms with Gasteiger partial charge in [0.05, 0.1) is 86.8 Å². The zero-order chi connectivity index (χ0) is 85.8. The van der Waals surface area contributed by atoms with Crippen LogP contribution in [0.5, 0.6) is 0 Å². The number of esters is 4. The fourth-order valence-corrected chi connectivity index (χ4v) is 16.4. The van der Waals surface area contributed by atoms with Crippen LogP contribution in [0.15, 0.2) is 303 Å². The molecule has 0 bridgehead atoms. The molecule has 0 spiro atoms. The maximum atomic E-state index is 15.5. The molecule has 6 aliphatic heterocycles. The quantitative estimate of drug-likeness (QED) is 0.0280. The lowest BCUT2D eigenvalue weighted by Crippen LogP contribution is -2.68. The molecule has 6 saturated heterocycles. The molecule has 25 nitrogen and oxygen atoms in total. The fraction of sp³-hybridized carbons (Fsp3) is 0.350. The number of carbonyl (C=O) groups excluding carboxylic acids is 5. The van der Waals surface area contributed by atoms with Crippen molar-refractivity contribution in [3.63, 3.8) is 0 Å². The summed E-state index contributed by atoms with van der Waals surface area (Å²) in [6.45, 7) is 5.28. The molecule has 6 heterocycles. The fourth-order valence-electron chi connectivity index (χ4n) is 16.4. The Morgan fingerprint density at radius 1 is 0.328 bits per heavy atom. The number of amides is 1. The van der Waals surface area contributed by atoms with Gasteiger partial charge in [-0.1, -0.05) is 276 Å². The molecule has 6 aliphatic rings. The first-order chi connectivity index (χ1) is 61.3. The summed E-state index contributed by atoms with van der Waals surface area (Å²) >= 11 is 0. The molecular formula is C100H101NO24. The van der Waals surface area contributed by atoms with Crippen molar-refractivity contribution in [2.75, 3.05) is 39.6 Å². The van der Waals surface area contributed by atoms with Gasteiger partial charge in [0.25, 0.3) is 0 Å². The van der Waals surface area contributed by atoms with Crippen LogP contribution < -0.4 is 0 Å². The molecule has 22 unspecified atom stereocenters. The van der Waals surface area contributed by atoms with E-state index in [0.717, 1.165) is 27.8 Å². The number of ether oxygens (including phenoxy) is 19. The van der Waals surface area contributed by atoms with Crippen LogP contribution in [0.2, 0.25) is 0 Å². The van der Waals surface area contributed by atoms with Gasteiger partial charge in [0.15, 0.2) is 62.2 Å². The van der Waals surface area contributed by atoms with Gasteiger partial charge in [0.1, 0.15) is 43.2 Å². The van der Waals surface area contributed by atoms with E-state index in [1.165, 1.54) is 4.90 Å². The average Bonchev–Trinajstić information content (AvgIpc) is 0.753.